The third-order valence-corrected chi connectivity index (χ3v) is 7.41. The smallest absolute Gasteiger partial charge is 0.220 e. The molecule has 0 bridgehead atoms. The number of methoxy groups -OCH3 is 1. The van der Waals surface area contributed by atoms with Crippen molar-refractivity contribution in [3.05, 3.63) is 65.7 Å². The molecule has 0 spiro atoms. The molecule has 1 aliphatic heterocycles. The van der Waals surface area contributed by atoms with Gasteiger partial charge in [-0.1, -0.05) is 42.5 Å². The molecule has 0 radical (unpaired) electrons. The van der Waals surface area contributed by atoms with Gasteiger partial charge in [-0.3, -0.25) is 4.79 Å². The minimum Gasteiger partial charge on any atom is -0.497 e. The molecular weight excluding hydrogens is 428 g/mol. The van der Waals surface area contributed by atoms with Crippen molar-refractivity contribution in [1.29, 1.82) is 0 Å². The number of piperidine rings is 1. The monoisotopic (exact) mass is 466 g/mol. The van der Waals surface area contributed by atoms with E-state index in [9.17, 15) is 9.90 Å². The number of hydrogen-bond acceptors (Lipinski definition) is 5. The highest BCUT2D eigenvalue weighted by Gasteiger charge is 2.45. The zero-order valence-electron chi connectivity index (χ0n) is 20.3. The molecular formula is C28H38N2O4. The van der Waals surface area contributed by atoms with Gasteiger partial charge in [0.15, 0.2) is 0 Å². The quantitative estimate of drug-likeness (QED) is 0.500. The Morgan fingerprint density at radius 1 is 1.06 bits per heavy atom. The van der Waals surface area contributed by atoms with Crippen molar-refractivity contribution in [1.82, 2.24) is 10.6 Å². The standard InChI is InChI=1S/C28H38N2O4/c1-19(16-20-8-10-22(33-2)11-9-20)29-17-25(31)23-12-14-26(28-24(23)13-15-27(32)30-28)34-18-21-6-4-3-5-7-21/h3-11,19,23-26,28-29,31H,12-18H2,1-2H3,(H,30,32). The molecule has 6 heteroatoms. The van der Waals surface area contributed by atoms with E-state index >= 15 is 0 Å². The lowest BCUT2D eigenvalue weighted by molar-refractivity contribution is -0.133. The molecule has 1 amide bonds. The van der Waals surface area contributed by atoms with E-state index < -0.39 is 6.10 Å². The summed E-state index contributed by atoms with van der Waals surface area (Å²) in [4.78, 5) is 12.2. The first-order valence-electron chi connectivity index (χ1n) is 12.5. The molecule has 4 rings (SSSR count). The number of ether oxygens (including phenoxy) is 2. The van der Waals surface area contributed by atoms with E-state index in [2.05, 4.69) is 41.8 Å². The Hall–Kier alpha value is -2.41. The second kappa shape index (κ2) is 11.8. The second-order valence-electron chi connectivity index (χ2n) is 9.80. The summed E-state index contributed by atoms with van der Waals surface area (Å²) in [5.74, 6) is 1.34. The van der Waals surface area contributed by atoms with Gasteiger partial charge >= 0.3 is 0 Å². The Bertz CT molecular complexity index is 904. The topological polar surface area (TPSA) is 79.8 Å². The summed E-state index contributed by atoms with van der Waals surface area (Å²) < 4.78 is 11.5. The molecule has 184 valence electrons. The number of hydrogen-bond donors (Lipinski definition) is 3. The van der Waals surface area contributed by atoms with Crippen LogP contribution in [0.25, 0.3) is 0 Å². The van der Waals surface area contributed by atoms with Crippen LogP contribution in [0.3, 0.4) is 0 Å². The van der Waals surface area contributed by atoms with Gasteiger partial charge in [0.1, 0.15) is 5.75 Å². The van der Waals surface area contributed by atoms with Crippen LogP contribution >= 0.6 is 0 Å². The lowest BCUT2D eigenvalue weighted by Gasteiger charge is -2.47. The Morgan fingerprint density at radius 2 is 1.82 bits per heavy atom. The number of fused-ring (bicyclic) bond motifs is 1. The Labute approximate surface area is 203 Å². The van der Waals surface area contributed by atoms with Crippen molar-refractivity contribution in [2.75, 3.05) is 13.7 Å². The Balaban J connectivity index is 1.30. The molecule has 3 N–H and O–H groups in total. The van der Waals surface area contributed by atoms with Gasteiger partial charge in [0, 0.05) is 19.0 Å². The molecule has 6 nitrogen and oxygen atoms in total. The number of carbonyl (C=O) groups is 1. The van der Waals surface area contributed by atoms with Crippen molar-refractivity contribution in [3.63, 3.8) is 0 Å². The summed E-state index contributed by atoms with van der Waals surface area (Å²) >= 11 is 0. The number of aliphatic hydroxyl groups is 1. The molecule has 2 aromatic carbocycles. The fourth-order valence-corrected chi connectivity index (χ4v) is 5.54. The van der Waals surface area contributed by atoms with Gasteiger partial charge in [-0.2, -0.15) is 0 Å². The highest BCUT2D eigenvalue weighted by molar-refractivity contribution is 5.77. The van der Waals surface area contributed by atoms with Crippen LogP contribution in [0.2, 0.25) is 0 Å². The minimum absolute atomic E-state index is 0.0140. The first-order valence-corrected chi connectivity index (χ1v) is 12.5. The largest absolute Gasteiger partial charge is 0.497 e. The van der Waals surface area contributed by atoms with E-state index in [4.69, 9.17) is 9.47 Å². The van der Waals surface area contributed by atoms with Crippen LogP contribution in [0.15, 0.2) is 54.6 Å². The summed E-state index contributed by atoms with van der Waals surface area (Å²) in [5, 5.41) is 17.8. The van der Waals surface area contributed by atoms with Gasteiger partial charge in [0.2, 0.25) is 5.91 Å². The fourth-order valence-electron chi connectivity index (χ4n) is 5.54. The van der Waals surface area contributed by atoms with E-state index in [1.165, 1.54) is 5.56 Å². The number of carbonyl (C=O) groups excluding carboxylic acids is 1. The van der Waals surface area contributed by atoms with Gasteiger partial charge in [-0.15, -0.1) is 0 Å². The summed E-state index contributed by atoms with van der Waals surface area (Å²) in [6.07, 6.45) is 3.51. The fraction of sp³-hybridized carbons (Fsp3) is 0.536. The third kappa shape index (κ3) is 6.38. The van der Waals surface area contributed by atoms with Crippen molar-refractivity contribution in [3.8, 4) is 5.75 Å². The van der Waals surface area contributed by atoms with Crippen molar-refractivity contribution < 1.29 is 19.4 Å². The van der Waals surface area contributed by atoms with Crippen LogP contribution in [-0.4, -0.2) is 49.0 Å². The lowest BCUT2D eigenvalue weighted by atomic mass is 9.68. The molecule has 2 aliphatic rings. The zero-order chi connectivity index (χ0) is 23.9. The maximum absolute atomic E-state index is 12.2. The van der Waals surface area contributed by atoms with E-state index in [0.717, 1.165) is 37.0 Å². The summed E-state index contributed by atoms with van der Waals surface area (Å²) in [5.41, 5.74) is 2.37. The van der Waals surface area contributed by atoms with Gasteiger partial charge in [0.25, 0.3) is 0 Å². The summed E-state index contributed by atoms with van der Waals surface area (Å²) in [6, 6.07) is 18.5. The molecule has 0 aromatic heterocycles. The van der Waals surface area contributed by atoms with E-state index in [0.29, 0.717) is 19.6 Å². The predicted octanol–water partition coefficient (Wildman–Crippen LogP) is 3.47. The average Bonchev–Trinajstić information content (AvgIpc) is 2.87. The maximum Gasteiger partial charge on any atom is 0.220 e. The average molecular weight is 467 g/mol. The number of nitrogens with one attached hydrogen (secondary N) is 2. The van der Waals surface area contributed by atoms with Crippen LogP contribution in [0.1, 0.15) is 43.7 Å². The normalized spacial score (nSPS) is 26.3. The Morgan fingerprint density at radius 3 is 2.56 bits per heavy atom. The molecule has 1 aliphatic carbocycles. The van der Waals surface area contributed by atoms with Gasteiger partial charge in [-0.05, 0) is 67.7 Å². The highest BCUT2D eigenvalue weighted by atomic mass is 16.5. The molecule has 1 heterocycles. The maximum atomic E-state index is 12.2. The van der Waals surface area contributed by atoms with Gasteiger partial charge in [0.05, 0.1) is 32.0 Å². The molecule has 34 heavy (non-hydrogen) atoms. The summed E-state index contributed by atoms with van der Waals surface area (Å²) in [7, 11) is 1.67. The lowest BCUT2D eigenvalue weighted by Crippen LogP contribution is -2.59. The zero-order valence-corrected chi connectivity index (χ0v) is 20.3. The second-order valence-corrected chi connectivity index (χ2v) is 9.80. The van der Waals surface area contributed by atoms with Crippen LogP contribution in [-0.2, 0) is 22.6 Å². The van der Waals surface area contributed by atoms with Gasteiger partial charge < -0.3 is 25.2 Å². The van der Waals surface area contributed by atoms with Crippen molar-refractivity contribution in [2.45, 2.75) is 69.9 Å². The SMILES string of the molecule is COc1ccc(CC(C)NCC(O)C2CCC(OCc3ccccc3)C3NC(=O)CCC23)cc1. The highest BCUT2D eigenvalue weighted by Crippen LogP contribution is 2.39. The van der Waals surface area contributed by atoms with Crippen molar-refractivity contribution in [2.24, 2.45) is 11.8 Å². The Kier molecular flexibility index (Phi) is 8.59. The number of rotatable bonds is 10. The van der Waals surface area contributed by atoms with E-state index in [1.54, 1.807) is 7.11 Å². The molecule has 2 fully saturated rings. The molecule has 1 saturated carbocycles. The molecule has 2 aromatic rings. The molecule has 6 unspecified atom stereocenters. The van der Waals surface area contributed by atoms with Gasteiger partial charge in [-0.25, -0.2) is 0 Å². The first-order chi connectivity index (χ1) is 16.5. The van der Waals surface area contributed by atoms with Crippen LogP contribution in [0.4, 0.5) is 0 Å². The number of amides is 1. The minimum atomic E-state index is -0.448. The van der Waals surface area contributed by atoms with E-state index in [-0.39, 0.29) is 35.9 Å². The summed E-state index contributed by atoms with van der Waals surface area (Å²) in [6.45, 7) is 3.24. The number of aliphatic hydroxyl groups excluding tert-OH is 1. The first kappa shape index (κ1) is 24.7. The molecule has 6 atom stereocenters. The van der Waals surface area contributed by atoms with Crippen molar-refractivity contribution >= 4 is 5.91 Å². The van der Waals surface area contributed by atoms with Crippen LogP contribution in [0, 0.1) is 11.8 Å². The number of benzene rings is 2. The van der Waals surface area contributed by atoms with E-state index in [1.807, 2.05) is 30.3 Å². The predicted molar refractivity (Wildman–Crippen MR) is 133 cm³/mol. The third-order valence-electron chi connectivity index (χ3n) is 7.41. The van der Waals surface area contributed by atoms with Crippen LogP contribution < -0.4 is 15.4 Å². The molecule has 1 saturated heterocycles. The van der Waals surface area contributed by atoms with Crippen LogP contribution in [0.5, 0.6) is 5.75 Å².